The molecule has 0 N–H and O–H groups in total. The third kappa shape index (κ3) is 3.80. The Balaban J connectivity index is 1.64. The predicted molar refractivity (Wildman–Crippen MR) is 85.5 cm³/mol. The second-order valence-electron chi connectivity index (χ2n) is 7.10. The Morgan fingerprint density at radius 1 is 1.24 bits per heavy atom. The molecular weight excluding hydrogens is 333 g/mol. The van der Waals surface area contributed by atoms with Crippen LogP contribution in [-0.4, -0.2) is 47.4 Å². The summed E-state index contributed by atoms with van der Waals surface area (Å²) in [6, 6.07) is 7.90. The molecule has 1 spiro atoms. The summed E-state index contributed by atoms with van der Waals surface area (Å²) in [6.07, 6.45) is -4.93. The lowest BCUT2D eigenvalue weighted by Gasteiger charge is -2.24. The predicted octanol–water partition coefficient (Wildman–Crippen LogP) is 2.90. The van der Waals surface area contributed by atoms with Crippen molar-refractivity contribution in [1.82, 2.24) is 9.80 Å². The summed E-state index contributed by atoms with van der Waals surface area (Å²) in [6.45, 7) is 3.38. The maximum Gasteiger partial charge on any atom is 0.397 e. The molecule has 2 fully saturated rings. The monoisotopic (exact) mass is 354 g/mol. The molecule has 2 aliphatic rings. The first-order valence-corrected chi connectivity index (χ1v) is 8.38. The number of nitrogens with zero attached hydrogens (tertiary/aromatic N) is 2. The minimum Gasteiger partial charge on any atom is -0.341 e. The molecule has 2 saturated heterocycles. The van der Waals surface area contributed by atoms with Gasteiger partial charge < -0.3 is 9.80 Å². The molecule has 25 heavy (non-hydrogen) atoms. The lowest BCUT2D eigenvalue weighted by Crippen LogP contribution is -2.39. The summed E-state index contributed by atoms with van der Waals surface area (Å²) in [5.74, 6) is -0.981. The molecule has 1 aromatic carbocycles. The fraction of sp³-hybridized carbons (Fsp3) is 0.556. The molecule has 0 unspecified atom stereocenters. The molecule has 3 rings (SSSR count). The standard InChI is InChI=1S/C18H21F3N2O2/c1-13-3-2-4-14(9-13)11-22-7-5-17(16(22)25)6-8-23(12-17)15(24)10-18(19,20)21/h2-4,9H,5-8,10-12H2,1H3/t17-/m0/s1. The molecule has 0 saturated carbocycles. The van der Waals surface area contributed by atoms with Crippen molar-refractivity contribution in [3.05, 3.63) is 35.4 Å². The molecular formula is C18H21F3N2O2. The Bertz CT molecular complexity index is 689. The summed E-state index contributed by atoms with van der Waals surface area (Å²) in [5, 5.41) is 0. The van der Waals surface area contributed by atoms with E-state index in [1.807, 2.05) is 31.2 Å². The number of carbonyl (C=O) groups excluding carboxylic acids is 2. The van der Waals surface area contributed by atoms with Crippen molar-refractivity contribution in [2.24, 2.45) is 5.41 Å². The second-order valence-corrected chi connectivity index (χ2v) is 7.10. The zero-order valence-corrected chi connectivity index (χ0v) is 14.1. The van der Waals surface area contributed by atoms with Gasteiger partial charge in [-0.3, -0.25) is 9.59 Å². The number of likely N-dealkylation sites (tertiary alicyclic amines) is 2. The molecule has 0 radical (unpaired) electrons. The van der Waals surface area contributed by atoms with Crippen LogP contribution in [0.2, 0.25) is 0 Å². The highest BCUT2D eigenvalue weighted by Gasteiger charge is 2.52. The summed E-state index contributed by atoms with van der Waals surface area (Å²) in [5.41, 5.74) is 1.45. The van der Waals surface area contributed by atoms with Gasteiger partial charge in [0, 0.05) is 26.2 Å². The highest BCUT2D eigenvalue weighted by molar-refractivity contribution is 5.87. The number of halogens is 3. The molecule has 2 aliphatic heterocycles. The number of amides is 2. The zero-order chi connectivity index (χ0) is 18.2. The average molecular weight is 354 g/mol. The van der Waals surface area contributed by atoms with E-state index in [1.54, 1.807) is 4.90 Å². The summed E-state index contributed by atoms with van der Waals surface area (Å²) >= 11 is 0. The molecule has 136 valence electrons. The minimum atomic E-state index is -4.51. The third-order valence-corrected chi connectivity index (χ3v) is 5.12. The first-order chi connectivity index (χ1) is 11.7. The summed E-state index contributed by atoms with van der Waals surface area (Å²) in [4.78, 5) is 27.6. The SMILES string of the molecule is Cc1cccc(CN2CC[C@@]3(CCN(C(=O)CC(F)(F)F)C3)C2=O)c1. The van der Waals surface area contributed by atoms with Crippen LogP contribution in [0.1, 0.15) is 30.4 Å². The number of carbonyl (C=O) groups is 2. The topological polar surface area (TPSA) is 40.6 Å². The molecule has 1 atom stereocenters. The van der Waals surface area contributed by atoms with E-state index in [1.165, 1.54) is 4.90 Å². The normalized spacial score (nSPS) is 23.8. The molecule has 2 amide bonds. The highest BCUT2D eigenvalue weighted by atomic mass is 19.4. The Morgan fingerprint density at radius 3 is 2.64 bits per heavy atom. The maximum absolute atomic E-state index is 12.8. The van der Waals surface area contributed by atoms with Gasteiger partial charge in [0.15, 0.2) is 0 Å². The summed E-state index contributed by atoms with van der Waals surface area (Å²) < 4.78 is 37.3. The van der Waals surface area contributed by atoms with Crippen LogP contribution < -0.4 is 0 Å². The van der Waals surface area contributed by atoms with Gasteiger partial charge in [0.1, 0.15) is 6.42 Å². The first-order valence-electron chi connectivity index (χ1n) is 8.38. The molecule has 7 heteroatoms. The van der Waals surface area contributed by atoms with Crippen molar-refractivity contribution in [1.29, 1.82) is 0 Å². The number of aryl methyl sites for hydroxylation is 1. The van der Waals surface area contributed by atoms with Gasteiger partial charge in [-0.15, -0.1) is 0 Å². The van der Waals surface area contributed by atoms with E-state index in [0.717, 1.165) is 11.1 Å². The van der Waals surface area contributed by atoms with Crippen molar-refractivity contribution < 1.29 is 22.8 Å². The number of alkyl halides is 3. The third-order valence-electron chi connectivity index (χ3n) is 5.12. The van der Waals surface area contributed by atoms with Crippen LogP contribution in [0.4, 0.5) is 13.2 Å². The zero-order valence-electron chi connectivity index (χ0n) is 14.1. The number of benzene rings is 1. The Hall–Kier alpha value is -2.05. The highest BCUT2D eigenvalue weighted by Crippen LogP contribution is 2.41. The van der Waals surface area contributed by atoms with E-state index in [9.17, 15) is 22.8 Å². The Kier molecular flexibility index (Phi) is 4.51. The van der Waals surface area contributed by atoms with Crippen LogP contribution in [0, 0.1) is 12.3 Å². The van der Waals surface area contributed by atoms with Gasteiger partial charge in [0.05, 0.1) is 5.41 Å². The molecule has 4 nitrogen and oxygen atoms in total. The van der Waals surface area contributed by atoms with Gasteiger partial charge in [-0.05, 0) is 25.3 Å². The molecule has 0 bridgehead atoms. The molecule has 2 heterocycles. The van der Waals surface area contributed by atoms with Gasteiger partial charge in [-0.2, -0.15) is 13.2 Å². The van der Waals surface area contributed by atoms with E-state index in [2.05, 4.69) is 0 Å². The second kappa shape index (κ2) is 6.35. The van der Waals surface area contributed by atoms with E-state index >= 15 is 0 Å². The van der Waals surface area contributed by atoms with Crippen LogP contribution in [0.5, 0.6) is 0 Å². The number of rotatable bonds is 3. The van der Waals surface area contributed by atoms with Crippen molar-refractivity contribution in [3.8, 4) is 0 Å². The lowest BCUT2D eigenvalue weighted by atomic mass is 9.85. The Labute approximate surface area is 144 Å². The summed E-state index contributed by atoms with van der Waals surface area (Å²) in [7, 11) is 0. The van der Waals surface area contributed by atoms with Crippen molar-refractivity contribution >= 4 is 11.8 Å². The van der Waals surface area contributed by atoms with Gasteiger partial charge in [0.25, 0.3) is 0 Å². The van der Waals surface area contributed by atoms with E-state index in [0.29, 0.717) is 25.9 Å². The van der Waals surface area contributed by atoms with Crippen LogP contribution >= 0.6 is 0 Å². The van der Waals surface area contributed by atoms with Crippen molar-refractivity contribution in [3.63, 3.8) is 0 Å². The quantitative estimate of drug-likeness (QED) is 0.837. The average Bonchev–Trinajstić information content (AvgIpc) is 3.06. The fourth-order valence-corrected chi connectivity index (χ4v) is 3.82. The van der Waals surface area contributed by atoms with Gasteiger partial charge in [-0.25, -0.2) is 0 Å². The smallest absolute Gasteiger partial charge is 0.341 e. The molecule has 0 aromatic heterocycles. The molecule has 1 aromatic rings. The van der Waals surface area contributed by atoms with E-state index < -0.39 is 23.9 Å². The number of hydrogen-bond acceptors (Lipinski definition) is 2. The van der Waals surface area contributed by atoms with Crippen LogP contribution in [0.15, 0.2) is 24.3 Å². The van der Waals surface area contributed by atoms with Crippen molar-refractivity contribution in [2.75, 3.05) is 19.6 Å². The molecule has 0 aliphatic carbocycles. The lowest BCUT2D eigenvalue weighted by molar-refractivity contribution is -0.160. The van der Waals surface area contributed by atoms with Crippen LogP contribution in [-0.2, 0) is 16.1 Å². The fourth-order valence-electron chi connectivity index (χ4n) is 3.82. The largest absolute Gasteiger partial charge is 0.397 e. The van der Waals surface area contributed by atoms with Gasteiger partial charge >= 0.3 is 6.18 Å². The van der Waals surface area contributed by atoms with Crippen LogP contribution in [0.25, 0.3) is 0 Å². The van der Waals surface area contributed by atoms with E-state index in [-0.39, 0.29) is 19.0 Å². The van der Waals surface area contributed by atoms with Crippen LogP contribution in [0.3, 0.4) is 0 Å². The first kappa shape index (κ1) is 17.8. The minimum absolute atomic E-state index is 0.0451. The van der Waals surface area contributed by atoms with Gasteiger partial charge in [0.2, 0.25) is 11.8 Å². The van der Waals surface area contributed by atoms with E-state index in [4.69, 9.17) is 0 Å². The maximum atomic E-state index is 12.8. The van der Waals surface area contributed by atoms with Crippen molar-refractivity contribution in [2.45, 2.75) is 38.9 Å². The number of hydrogen-bond donors (Lipinski definition) is 0. The van der Waals surface area contributed by atoms with Gasteiger partial charge in [-0.1, -0.05) is 29.8 Å². The Morgan fingerprint density at radius 2 is 1.96 bits per heavy atom.